The summed E-state index contributed by atoms with van der Waals surface area (Å²) in [5.41, 5.74) is 3.42. The number of thioether (sulfide) groups is 1. The van der Waals surface area contributed by atoms with Gasteiger partial charge in [-0.2, -0.15) is 11.8 Å². The number of benzene rings is 1. The van der Waals surface area contributed by atoms with Crippen molar-refractivity contribution in [2.24, 2.45) is 0 Å². The second-order valence-corrected chi connectivity index (χ2v) is 11.2. The molecule has 0 bridgehead atoms. The van der Waals surface area contributed by atoms with Gasteiger partial charge < -0.3 is 10.1 Å². The fourth-order valence-electron chi connectivity index (χ4n) is 4.48. The van der Waals surface area contributed by atoms with E-state index >= 15 is 0 Å². The normalized spacial score (nSPS) is 20.5. The van der Waals surface area contributed by atoms with Crippen molar-refractivity contribution in [1.29, 1.82) is 0 Å². The number of hydrogen-bond donors (Lipinski definition) is 1. The van der Waals surface area contributed by atoms with E-state index in [1.54, 1.807) is 35.2 Å². The molecule has 0 amide bonds. The topological polar surface area (TPSA) is 55.4 Å². The first-order valence-electron chi connectivity index (χ1n) is 10.9. The minimum absolute atomic E-state index is 0.0394. The molecule has 0 saturated carbocycles. The summed E-state index contributed by atoms with van der Waals surface area (Å²) >= 11 is 15.9. The van der Waals surface area contributed by atoms with Crippen LogP contribution in [0.5, 0.6) is 0 Å². The van der Waals surface area contributed by atoms with E-state index in [9.17, 15) is 9.59 Å². The number of ether oxygens (including phenoxy) is 1. The van der Waals surface area contributed by atoms with E-state index in [0.717, 1.165) is 22.8 Å². The third-order valence-electron chi connectivity index (χ3n) is 5.93. The molecule has 2 atom stereocenters. The van der Waals surface area contributed by atoms with Crippen molar-refractivity contribution in [3.8, 4) is 0 Å². The lowest BCUT2D eigenvalue weighted by atomic mass is 9.72. The third-order valence-corrected chi connectivity index (χ3v) is 8.57. The van der Waals surface area contributed by atoms with Crippen molar-refractivity contribution >= 4 is 58.1 Å². The number of hydrogen-bond acceptors (Lipinski definition) is 6. The van der Waals surface area contributed by atoms with Crippen molar-refractivity contribution < 1.29 is 14.3 Å². The van der Waals surface area contributed by atoms with Crippen LogP contribution >= 0.6 is 46.3 Å². The average Bonchev–Trinajstić information content (AvgIpc) is 3.32. The van der Waals surface area contributed by atoms with Crippen molar-refractivity contribution in [2.75, 3.05) is 18.1 Å². The molecule has 8 heteroatoms. The van der Waals surface area contributed by atoms with Gasteiger partial charge in [0.1, 0.15) is 6.61 Å². The molecular weight excluding hydrogens is 497 g/mol. The van der Waals surface area contributed by atoms with Gasteiger partial charge in [0.15, 0.2) is 5.78 Å². The molecule has 2 aromatic rings. The summed E-state index contributed by atoms with van der Waals surface area (Å²) in [7, 11) is 0. The molecule has 4 nitrogen and oxygen atoms in total. The fraction of sp³-hybridized carbons (Fsp3) is 0.360. The Kier molecular flexibility index (Phi) is 7.90. The van der Waals surface area contributed by atoms with Crippen molar-refractivity contribution in [3.05, 3.63) is 78.7 Å². The Morgan fingerprint density at radius 3 is 2.76 bits per heavy atom. The zero-order chi connectivity index (χ0) is 23.5. The molecule has 0 saturated heterocycles. The van der Waals surface area contributed by atoms with E-state index in [0.29, 0.717) is 46.3 Å². The number of carbonyl (C=O) groups is 2. The largest absolute Gasteiger partial charge is 0.461 e. The Labute approximate surface area is 212 Å². The maximum absolute atomic E-state index is 13.5. The molecule has 2 heterocycles. The molecule has 0 unspecified atom stereocenters. The number of Topliss-reactive ketones (excluding diaryl/α,β-unsaturated/α-hetero) is 1. The fourth-order valence-corrected chi connectivity index (χ4v) is 6.10. The molecule has 1 aromatic heterocycles. The van der Waals surface area contributed by atoms with Gasteiger partial charge in [-0.25, -0.2) is 4.79 Å². The highest BCUT2D eigenvalue weighted by molar-refractivity contribution is 7.99. The Morgan fingerprint density at radius 2 is 2.06 bits per heavy atom. The van der Waals surface area contributed by atoms with Crippen LogP contribution in [0.25, 0.3) is 0 Å². The molecule has 0 fully saturated rings. The van der Waals surface area contributed by atoms with Crippen molar-refractivity contribution in [2.45, 2.75) is 38.5 Å². The smallest absolute Gasteiger partial charge is 0.336 e. The zero-order valence-corrected chi connectivity index (χ0v) is 21.6. The molecule has 1 aliphatic heterocycles. The number of rotatable bonds is 7. The molecule has 1 aromatic carbocycles. The average molecular weight is 523 g/mol. The Morgan fingerprint density at radius 1 is 1.24 bits per heavy atom. The summed E-state index contributed by atoms with van der Waals surface area (Å²) < 4.78 is 5.61. The summed E-state index contributed by atoms with van der Waals surface area (Å²) in [6, 6.07) is 9.38. The van der Waals surface area contributed by atoms with Crippen LogP contribution in [-0.4, -0.2) is 29.9 Å². The standard InChI is InChI=1S/C25H25Cl2NO3S2/c1-3-32-10-8-31-25(30)22-14(2)28-19-12-16(21-5-4-9-33-21)13-20(29)24(19)23(22)15-6-7-17(26)18(27)11-15/h4-7,9,11,16,23,28H,3,8,10,12-13H2,1-2H3/t16-,23-/m1/s1. The van der Waals surface area contributed by atoms with Crippen molar-refractivity contribution in [3.63, 3.8) is 0 Å². The first-order valence-corrected chi connectivity index (χ1v) is 13.7. The Hall–Kier alpha value is -1.73. The van der Waals surface area contributed by atoms with Gasteiger partial charge in [0, 0.05) is 45.9 Å². The zero-order valence-electron chi connectivity index (χ0n) is 18.5. The predicted molar refractivity (Wildman–Crippen MR) is 137 cm³/mol. The van der Waals surface area contributed by atoms with Crippen molar-refractivity contribution in [1.82, 2.24) is 5.32 Å². The number of esters is 1. The van der Waals surface area contributed by atoms with Crippen LogP contribution in [0.4, 0.5) is 0 Å². The minimum Gasteiger partial charge on any atom is -0.461 e. The summed E-state index contributed by atoms with van der Waals surface area (Å²) in [4.78, 5) is 27.9. The van der Waals surface area contributed by atoms with Crippen LogP contribution < -0.4 is 5.32 Å². The molecule has 2 aliphatic rings. The van der Waals surface area contributed by atoms with Crippen LogP contribution in [0.1, 0.15) is 49.0 Å². The number of dihydropyridines is 1. The lowest BCUT2D eigenvalue weighted by Gasteiger charge is -2.36. The summed E-state index contributed by atoms with van der Waals surface area (Å²) in [6.07, 6.45) is 1.12. The van der Waals surface area contributed by atoms with Gasteiger partial charge >= 0.3 is 5.97 Å². The number of allylic oxidation sites excluding steroid dienone is 3. The highest BCUT2D eigenvalue weighted by Gasteiger charge is 2.41. The monoisotopic (exact) mass is 521 g/mol. The second-order valence-electron chi connectivity index (χ2n) is 8.04. The number of halogens is 2. The Bertz CT molecular complexity index is 1120. The van der Waals surface area contributed by atoms with E-state index in [1.807, 2.05) is 24.4 Å². The van der Waals surface area contributed by atoms with Gasteiger partial charge in [-0.3, -0.25) is 4.79 Å². The summed E-state index contributed by atoms with van der Waals surface area (Å²) in [5, 5.41) is 6.23. The van der Waals surface area contributed by atoms with E-state index in [-0.39, 0.29) is 11.7 Å². The van der Waals surface area contributed by atoms with Gasteiger partial charge in [-0.1, -0.05) is 42.3 Å². The van der Waals surface area contributed by atoms with Crippen LogP contribution in [-0.2, 0) is 14.3 Å². The Balaban J connectivity index is 1.73. The maximum atomic E-state index is 13.5. The molecule has 4 rings (SSSR count). The summed E-state index contributed by atoms with van der Waals surface area (Å²) in [6.45, 7) is 4.25. The first kappa shape index (κ1) is 24.4. The van der Waals surface area contributed by atoms with Crippen LogP contribution in [0, 0.1) is 0 Å². The lowest BCUT2D eigenvalue weighted by molar-refractivity contribution is -0.138. The molecule has 0 spiro atoms. The van der Waals surface area contributed by atoms with Crippen LogP contribution in [0.15, 0.2) is 58.3 Å². The number of thiophene rings is 1. The predicted octanol–water partition coefficient (Wildman–Crippen LogP) is 6.71. The van der Waals surface area contributed by atoms with Gasteiger partial charge in [0.05, 0.1) is 15.6 Å². The number of nitrogens with one attached hydrogen (secondary N) is 1. The van der Waals surface area contributed by atoms with E-state index in [2.05, 4.69) is 18.3 Å². The maximum Gasteiger partial charge on any atom is 0.336 e. The molecule has 174 valence electrons. The quantitative estimate of drug-likeness (QED) is 0.324. The van der Waals surface area contributed by atoms with Gasteiger partial charge in [-0.05, 0) is 48.2 Å². The highest BCUT2D eigenvalue weighted by Crippen LogP contribution is 2.47. The first-order chi connectivity index (χ1) is 15.9. The second kappa shape index (κ2) is 10.7. The van der Waals surface area contributed by atoms with Gasteiger partial charge in [-0.15, -0.1) is 11.3 Å². The van der Waals surface area contributed by atoms with E-state index in [4.69, 9.17) is 27.9 Å². The molecular formula is C25H25Cl2NO3S2. The molecule has 0 radical (unpaired) electrons. The summed E-state index contributed by atoms with van der Waals surface area (Å²) in [5.74, 6) is 0.910. The molecule has 1 aliphatic carbocycles. The van der Waals surface area contributed by atoms with E-state index in [1.165, 1.54) is 4.88 Å². The molecule has 33 heavy (non-hydrogen) atoms. The van der Waals surface area contributed by atoms with E-state index < -0.39 is 11.9 Å². The van der Waals surface area contributed by atoms with Gasteiger partial charge in [0.2, 0.25) is 0 Å². The SMILES string of the molecule is CCSCCOC(=O)C1=C(C)NC2=C(C(=O)C[C@H](c3cccs3)C2)[C@@H]1c1ccc(Cl)c(Cl)c1. The van der Waals surface area contributed by atoms with Gasteiger partial charge in [0.25, 0.3) is 0 Å². The number of ketones is 1. The minimum atomic E-state index is -0.542. The van der Waals surface area contributed by atoms with Crippen LogP contribution in [0.2, 0.25) is 10.0 Å². The third kappa shape index (κ3) is 5.19. The molecule has 1 N–H and O–H groups in total. The van der Waals surface area contributed by atoms with Crippen LogP contribution in [0.3, 0.4) is 0 Å². The lowest BCUT2D eigenvalue weighted by Crippen LogP contribution is -2.36. The number of carbonyl (C=O) groups excluding carboxylic acids is 2. The highest BCUT2D eigenvalue weighted by atomic mass is 35.5.